The number of furan rings is 1. The number of pyridine rings is 1. The number of carbonyl (C=O) groups excluding carboxylic acids is 1. The fraction of sp³-hybridized carbons (Fsp3) is 0.158. The number of hydrogen-bond donors (Lipinski definition) is 1. The SMILES string of the molecule is O=C(CCc1ccc(Br)cc1)NCc1cncc(-c2ccco2)c1. The zero-order valence-corrected chi connectivity index (χ0v) is 14.6. The Hall–Kier alpha value is -2.40. The van der Waals surface area contributed by atoms with Crippen LogP contribution in [-0.2, 0) is 17.8 Å². The van der Waals surface area contributed by atoms with Gasteiger partial charge in [-0.3, -0.25) is 9.78 Å². The summed E-state index contributed by atoms with van der Waals surface area (Å²) in [6, 6.07) is 13.7. The second kappa shape index (κ2) is 7.93. The van der Waals surface area contributed by atoms with Crippen LogP contribution in [-0.4, -0.2) is 10.9 Å². The van der Waals surface area contributed by atoms with Crippen molar-refractivity contribution in [3.8, 4) is 11.3 Å². The standard InChI is InChI=1S/C19H17BrN2O2/c20-17-6-3-14(4-7-17)5-8-19(23)22-12-15-10-16(13-21-11-15)18-2-1-9-24-18/h1-4,6-7,9-11,13H,5,8,12H2,(H,22,23). The number of amides is 1. The Morgan fingerprint density at radius 3 is 2.71 bits per heavy atom. The molecule has 0 saturated heterocycles. The van der Waals surface area contributed by atoms with Crippen LogP contribution in [0.2, 0.25) is 0 Å². The van der Waals surface area contributed by atoms with Gasteiger partial charge in [0.1, 0.15) is 5.76 Å². The molecule has 24 heavy (non-hydrogen) atoms. The number of benzene rings is 1. The van der Waals surface area contributed by atoms with Gasteiger partial charge in [-0.15, -0.1) is 0 Å². The molecule has 0 radical (unpaired) electrons. The van der Waals surface area contributed by atoms with Crippen LogP contribution in [0.15, 0.2) is 70.0 Å². The van der Waals surface area contributed by atoms with Crippen LogP contribution < -0.4 is 5.32 Å². The quantitative estimate of drug-likeness (QED) is 0.686. The lowest BCUT2D eigenvalue weighted by Crippen LogP contribution is -2.23. The van der Waals surface area contributed by atoms with Gasteiger partial charge in [0.25, 0.3) is 0 Å². The number of aryl methyl sites for hydroxylation is 1. The van der Waals surface area contributed by atoms with Crippen LogP contribution in [0.3, 0.4) is 0 Å². The molecule has 0 spiro atoms. The lowest BCUT2D eigenvalue weighted by molar-refractivity contribution is -0.121. The van der Waals surface area contributed by atoms with Gasteiger partial charge in [-0.1, -0.05) is 28.1 Å². The molecule has 3 rings (SSSR count). The van der Waals surface area contributed by atoms with Crippen molar-refractivity contribution < 1.29 is 9.21 Å². The van der Waals surface area contributed by atoms with E-state index in [1.54, 1.807) is 18.7 Å². The highest BCUT2D eigenvalue weighted by Gasteiger charge is 2.05. The number of nitrogens with zero attached hydrogens (tertiary/aromatic N) is 1. The van der Waals surface area contributed by atoms with Gasteiger partial charge in [-0.05, 0) is 47.9 Å². The number of rotatable bonds is 6. The summed E-state index contributed by atoms with van der Waals surface area (Å²) < 4.78 is 6.41. The maximum Gasteiger partial charge on any atom is 0.220 e. The van der Waals surface area contributed by atoms with E-state index in [1.807, 2.05) is 42.5 Å². The Balaban J connectivity index is 1.51. The van der Waals surface area contributed by atoms with Crippen molar-refractivity contribution >= 4 is 21.8 Å². The van der Waals surface area contributed by atoms with E-state index in [-0.39, 0.29) is 5.91 Å². The van der Waals surface area contributed by atoms with Gasteiger partial charge in [-0.2, -0.15) is 0 Å². The number of halogens is 1. The van der Waals surface area contributed by atoms with Crippen molar-refractivity contribution in [2.24, 2.45) is 0 Å². The van der Waals surface area contributed by atoms with Crippen LogP contribution in [0, 0.1) is 0 Å². The van der Waals surface area contributed by atoms with Crippen LogP contribution >= 0.6 is 15.9 Å². The molecule has 0 fully saturated rings. The summed E-state index contributed by atoms with van der Waals surface area (Å²) in [7, 11) is 0. The molecule has 2 aromatic heterocycles. The summed E-state index contributed by atoms with van der Waals surface area (Å²) in [6.07, 6.45) is 6.32. The molecular formula is C19H17BrN2O2. The van der Waals surface area contributed by atoms with Crippen molar-refractivity contribution in [3.63, 3.8) is 0 Å². The van der Waals surface area contributed by atoms with Crippen molar-refractivity contribution in [1.82, 2.24) is 10.3 Å². The van der Waals surface area contributed by atoms with E-state index in [4.69, 9.17) is 4.42 Å². The molecule has 0 aliphatic carbocycles. The first kappa shape index (κ1) is 16.5. The van der Waals surface area contributed by atoms with Crippen molar-refractivity contribution in [2.45, 2.75) is 19.4 Å². The highest BCUT2D eigenvalue weighted by molar-refractivity contribution is 9.10. The molecule has 1 aromatic carbocycles. The van der Waals surface area contributed by atoms with Gasteiger partial charge in [0.05, 0.1) is 6.26 Å². The van der Waals surface area contributed by atoms with E-state index in [9.17, 15) is 4.79 Å². The van der Waals surface area contributed by atoms with Crippen molar-refractivity contribution in [1.29, 1.82) is 0 Å². The van der Waals surface area contributed by atoms with Gasteiger partial charge in [-0.25, -0.2) is 0 Å². The topological polar surface area (TPSA) is 55.1 Å². The highest BCUT2D eigenvalue weighted by Crippen LogP contribution is 2.19. The second-order valence-corrected chi connectivity index (χ2v) is 6.38. The van der Waals surface area contributed by atoms with Crippen LogP contribution in [0.5, 0.6) is 0 Å². The van der Waals surface area contributed by atoms with Gasteiger partial charge >= 0.3 is 0 Å². The van der Waals surface area contributed by atoms with Gasteiger partial charge < -0.3 is 9.73 Å². The van der Waals surface area contributed by atoms with Crippen LogP contribution in [0.1, 0.15) is 17.5 Å². The maximum atomic E-state index is 12.0. The first-order valence-electron chi connectivity index (χ1n) is 7.69. The molecular weight excluding hydrogens is 368 g/mol. The Morgan fingerprint density at radius 2 is 1.96 bits per heavy atom. The molecule has 0 aliphatic rings. The van der Waals surface area contributed by atoms with Crippen molar-refractivity contribution in [2.75, 3.05) is 0 Å². The monoisotopic (exact) mass is 384 g/mol. The third kappa shape index (κ3) is 4.55. The molecule has 0 atom stereocenters. The molecule has 3 aromatic rings. The zero-order chi connectivity index (χ0) is 16.8. The van der Waals surface area contributed by atoms with Crippen LogP contribution in [0.25, 0.3) is 11.3 Å². The Morgan fingerprint density at radius 1 is 1.12 bits per heavy atom. The van der Waals surface area contributed by atoms with Crippen LogP contribution in [0.4, 0.5) is 0 Å². The lowest BCUT2D eigenvalue weighted by Gasteiger charge is -2.06. The predicted octanol–water partition coefficient (Wildman–Crippen LogP) is 4.35. The van der Waals surface area contributed by atoms with Gasteiger partial charge in [0.15, 0.2) is 0 Å². The third-order valence-electron chi connectivity index (χ3n) is 3.64. The minimum Gasteiger partial charge on any atom is -0.464 e. The van der Waals surface area contributed by atoms with E-state index in [0.29, 0.717) is 13.0 Å². The minimum absolute atomic E-state index is 0.0290. The Labute approximate surface area is 149 Å². The summed E-state index contributed by atoms with van der Waals surface area (Å²) in [5.41, 5.74) is 3.00. The minimum atomic E-state index is 0.0290. The number of hydrogen-bond acceptors (Lipinski definition) is 3. The van der Waals surface area contributed by atoms with Crippen molar-refractivity contribution in [3.05, 3.63) is 76.7 Å². The first-order valence-corrected chi connectivity index (χ1v) is 8.49. The fourth-order valence-corrected chi connectivity index (χ4v) is 2.62. The fourth-order valence-electron chi connectivity index (χ4n) is 2.36. The third-order valence-corrected chi connectivity index (χ3v) is 4.17. The number of carbonyl (C=O) groups is 1. The molecule has 0 bridgehead atoms. The van der Waals surface area contributed by atoms with E-state index < -0.39 is 0 Å². The average molecular weight is 385 g/mol. The normalized spacial score (nSPS) is 10.5. The maximum absolute atomic E-state index is 12.0. The summed E-state index contributed by atoms with van der Waals surface area (Å²) in [5.74, 6) is 0.798. The van der Waals surface area contributed by atoms with Gasteiger partial charge in [0, 0.05) is 35.4 Å². The molecule has 0 saturated carbocycles. The molecule has 4 nitrogen and oxygen atoms in total. The number of nitrogens with one attached hydrogen (secondary N) is 1. The zero-order valence-electron chi connectivity index (χ0n) is 13.0. The molecule has 0 unspecified atom stereocenters. The van der Waals surface area contributed by atoms with Gasteiger partial charge in [0.2, 0.25) is 5.91 Å². The summed E-state index contributed by atoms with van der Waals surface area (Å²) in [6.45, 7) is 0.459. The summed E-state index contributed by atoms with van der Waals surface area (Å²) in [5, 5.41) is 2.93. The molecule has 1 N–H and O–H groups in total. The lowest BCUT2D eigenvalue weighted by atomic mass is 10.1. The summed E-state index contributed by atoms with van der Waals surface area (Å²) in [4.78, 5) is 16.2. The molecule has 0 aliphatic heterocycles. The average Bonchev–Trinajstić information content (AvgIpc) is 3.14. The molecule has 1 amide bonds. The largest absolute Gasteiger partial charge is 0.464 e. The van der Waals surface area contributed by atoms with E-state index in [0.717, 1.165) is 33.3 Å². The molecule has 122 valence electrons. The van der Waals surface area contributed by atoms with E-state index in [2.05, 4.69) is 26.2 Å². The first-order chi connectivity index (χ1) is 11.7. The van der Waals surface area contributed by atoms with E-state index >= 15 is 0 Å². The second-order valence-electron chi connectivity index (χ2n) is 5.46. The van der Waals surface area contributed by atoms with E-state index in [1.165, 1.54) is 0 Å². The predicted molar refractivity (Wildman–Crippen MR) is 96.2 cm³/mol. The smallest absolute Gasteiger partial charge is 0.220 e. The molecule has 5 heteroatoms. The Kier molecular flexibility index (Phi) is 5.43. The Bertz CT molecular complexity index is 798. The summed E-state index contributed by atoms with van der Waals surface area (Å²) >= 11 is 3.40. The highest BCUT2D eigenvalue weighted by atomic mass is 79.9. The molecule has 2 heterocycles. The number of aromatic nitrogens is 1.